The molecule has 0 unspecified atom stereocenters. The Hall–Kier alpha value is -3.12. The lowest BCUT2D eigenvalue weighted by Crippen LogP contribution is -2.24. The number of benzene rings is 3. The standard InChI is InChI=1S/C25H26N4OS/c1-4-26-24(30)16-31-25-28-27-23(29(25)22-13-12-17(2)14-18(22)3)15-20-10-7-9-19-8-5-6-11-21(19)20/h5-14H,4,15-16H2,1-3H3,(H,26,30). The number of fused-ring (bicyclic) bond motifs is 1. The fourth-order valence-electron chi connectivity index (χ4n) is 3.80. The van der Waals surface area contributed by atoms with Crippen LogP contribution in [-0.2, 0) is 11.2 Å². The van der Waals surface area contributed by atoms with Gasteiger partial charge in [0.2, 0.25) is 5.91 Å². The quantitative estimate of drug-likeness (QED) is 0.426. The zero-order valence-electron chi connectivity index (χ0n) is 18.1. The summed E-state index contributed by atoms with van der Waals surface area (Å²) >= 11 is 1.42. The Morgan fingerprint density at radius 3 is 2.65 bits per heavy atom. The van der Waals surface area contributed by atoms with Crippen LogP contribution in [0.2, 0.25) is 0 Å². The highest BCUT2D eigenvalue weighted by molar-refractivity contribution is 7.99. The molecule has 0 fully saturated rings. The second-order valence-electron chi connectivity index (χ2n) is 7.58. The third-order valence-corrected chi connectivity index (χ3v) is 6.16. The van der Waals surface area contributed by atoms with E-state index in [4.69, 9.17) is 0 Å². The molecule has 1 N–H and O–H groups in total. The van der Waals surface area contributed by atoms with E-state index in [0.717, 1.165) is 22.2 Å². The van der Waals surface area contributed by atoms with E-state index < -0.39 is 0 Å². The average Bonchev–Trinajstić information content (AvgIpc) is 3.15. The first-order chi connectivity index (χ1) is 15.1. The molecule has 5 nitrogen and oxygen atoms in total. The van der Waals surface area contributed by atoms with E-state index in [0.29, 0.717) is 18.7 Å². The Balaban J connectivity index is 1.76. The lowest BCUT2D eigenvalue weighted by Gasteiger charge is -2.14. The first-order valence-corrected chi connectivity index (χ1v) is 11.4. The number of hydrogen-bond acceptors (Lipinski definition) is 4. The monoisotopic (exact) mass is 430 g/mol. The van der Waals surface area contributed by atoms with E-state index in [2.05, 4.69) is 94.6 Å². The molecule has 3 aromatic carbocycles. The van der Waals surface area contributed by atoms with Gasteiger partial charge in [-0.15, -0.1) is 10.2 Å². The van der Waals surface area contributed by atoms with Crippen LogP contribution in [0, 0.1) is 13.8 Å². The maximum Gasteiger partial charge on any atom is 0.230 e. The van der Waals surface area contributed by atoms with Gasteiger partial charge in [-0.3, -0.25) is 9.36 Å². The molecule has 0 bridgehead atoms. The summed E-state index contributed by atoms with van der Waals surface area (Å²) in [6, 6.07) is 21.1. The predicted molar refractivity (Wildman–Crippen MR) is 127 cm³/mol. The van der Waals surface area contributed by atoms with Crippen molar-refractivity contribution in [1.82, 2.24) is 20.1 Å². The second-order valence-corrected chi connectivity index (χ2v) is 8.52. The minimum absolute atomic E-state index is 0.00159. The normalized spacial score (nSPS) is 11.1. The molecule has 158 valence electrons. The molecule has 0 aliphatic heterocycles. The van der Waals surface area contributed by atoms with Crippen molar-refractivity contribution in [2.24, 2.45) is 0 Å². The minimum Gasteiger partial charge on any atom is -0.356 e. The number of hydrogen-bond donors (Lipinski definition) is 1. The number of nitrogens with one attached hydrogen (secondary N) is 1. The van der Waals surface area contributed by atoms with E-state index in [1.165, 1.54) is 33.7 Å². The van der Waals surface area contributed by atoms with Crippen LogP contribution in [0.4, 0.5) is 0 Å². The molecule has 1 aromatic heterocycles. The Morgan fingerprint density at radius 2 is 1.84 bits per heavy atom. The summed E-state index contributed by atoms with van der Waals surface area (Å²) in [5.41, 5.74) is 4.61. The van der Waals surface area contributed by atoms with Crippen LogP contribution in [-0.4, -0.2) is 33.0 Å². The Kier molecular flexibility index (Phi) is 6.37. The van der Waals surface area contributed by atoms with Crippen LogP contribution >= 0.6 is 11.8 Å². The third kappa shape index (κ3) is 4.64. The van der Waals surface area contributed by atoms with Crippen molar-refractivity contribution in [2.75, 3.05) is 12.3 Å². The fraction of sp³-hybridized carbons (Fsp3) is 0.240. The number of nitrogens with zero attached hydrogens (tertiary/aromatic N) is 3. The second kappa shape index (κ2) is 9.35. The molecule has 0 radical (unpaired) electrons. The number of carbonyl (C=O) groups excluding carboxylic acids is 1. The lowest BCUT2D eigenvalue weighted by molar-refractivity contribution is -0.118. The largest absolute Gasteiger partial charge is 0.356 e. The smallest absolute Gasteiger partial charge is 0.230 e. The zero-order chi connectivity index (χ0) is 21.8. The molecule has 6 heteroatoms. The third-order valence-electron chi connectivity index (χ3n) is 5.23. The van der Waals surface area contributed by atoms with Gasteiger partial charge in [-0.2, -0.15) is 0 Å². The number of rotatable bonds is 7. The van der Waals surface area contributed by atoms with Gasteiger partial charge < -0.3 is 5.32 Å². The van der Waals surface area contributed by atoms with Crippen molar-refractivity contribution in [3.05, 3.63) is 83.2 Å². The molecule has 1 amide bonds. The number of carbonyl (C=O) groups is 1. The number of aromatic nitrogens is 3. The van der Waals surface area contributed by atoms with Crippen LogP contribution in [0.1, 0.15) is 29.4 Å². The number of aryl methyl sites for hydroxylation is 2. The van der Waals surface area contributed by atoms with Gasteiger partial charge in [-0.05, 0) is 48.7 Å². The van der Waals surface area contributed by atoms with Crippen LogP contribution in [0.3, 0.4) is 0 Å². The highest BCUT2D eigenvalue weighted by atomic mass is 32.2. The molecule has 0 saturated carbocycles. The molecule has 4 aromatic rings. The molecule has 0 saturated heterocycles. The maximum atomic E-state index is 12.0. The molecule has 0 atom stereocenters. The van der Waals surface area contributed by atoms with Crippen molar-refractivity contribution in [3.63, 3.8) is 0 Å². The van der Waals surface area contributed by atoms with Crippen LogP contribution in [0.15, 0.2) is 65.8 Å². The SMILES string of the molecule is CCNC(=O)CSc1nnc(Cc2cccc3ccccc23)n1-c1ccc(C)cc1C. The highest BCUT2D eigenvalue weighted by Crippen LogP contribution is 2.28. The van der Waals surface area contributed by atoms with Gasteiger partial charge in [0.1, 0.15) is 5.82 Å². The van der Waals surface area contributed by atoms with Crippen molar-refractivity contribution in [1.29, 1.82) is 0 Å². The minimum atomic E-state index is -0.00159. The van der Waals surface area contributed by atoms with E-state index in [9.17, 15) is 4.79 Å². The number of thioether (sulfide) groups is 1. The van der Waals surface area contributed by atoms with Crippen molar-refractivity contribution in [2.45, 2.75) is 32.3 Å². The van der Waals surface area contributed by atoms with Crippen molar-refractivity contribution >= 4 is 28.4 Å². The molecular weight excluding hydrogens is 404 g/mol. The molecule has 0 aliphatic rings. The Labute approximate surface area is 186 Å². The van der Waals surface area contributed by atoms with Gasteiger partial charge in [0.05, 0.1) is 11.4 Å². The zero-order valence-corrected chi connectivity index (χ0v) is 18.9. The van der Waals surface area contributed by atoms with Crippen LogP contribution < -0.4 is 5.32 Å². The van der Waals surface area contributed by atoms with Gasteiger partial charge in [0, 0.05) is 13.0 Å². The predicted octanol–water partition coefficient (Wildman–Crippen LogP) is 4.86. The Bertz CT molecular complexity index is 1230. The van der Waals surface area contributed by atoms with Crippen LogP contribution in [0.25, 0.3) is 16.5 Å². The molecule has 0 spiro atoms. The van der Waals surface area contributed by atoms with E-state index in [1.807, 2.05) is 6.92 Å². The van der Waals surface area contributed by atoms with Crippen molar-refractivity contribution in [3.8, 4) is 5.69 Å². The van der Waals surface area contributed by atoms with Gasteiger partial charge in [0.25, 0.3) is 0 Å². The average molecular weight is 431 g/mol. The van der Waals surface area contributed by atoms with E-state index >= 15 is 0 Å². The molecule has 0 aliphatic carbocycles. The number of amides is 1. The van der Waals surface area contributed by atoms with E-state index in [1.54, 1.807) is 0 Å². The van der Waals surface area contributed by atoms with Gasteiger partial charge >= 0.3 is 0 Å². The van der Waals surface area contributed by atoms with Gasteiger partial charge in [0.15, 0.2) is 5.16 Å². The van der Waals surface area contributed by atoms with Gasteiger partial charge in [-0.25, -0.2) is 0 Å². The summed E-state index contributed by atoms with van der Waals surface area (Å²) in [6.07, 6.45) is 0.656. The highest BCUT2D eigenvalue weighted by Gasteiger charge is 2.18. The molecule has 4 rings (SSSR count). The molecular formula is C25H26N4OS. The molecule has 31 heavy (non-hydrogen) atoms. The van der Waals surface area contributed by atoms with Gasteiger partial charge in [-0.1, -0.05) is 71.9 Å². The fourth-order valence-corrected chi connectivity index (χ4v) is 4.60. The summed E-state index contributed by atoms with van der Waals surface area (Å²) in [5, 5.41) is 15.0. The van der Waals surface area contributed by atoms with E-state index in [-0.39, 0.29) is 5.91 Å². The summed E-state index contributed by atoms with van der Waals surface area (Å²) < 4.78 is 2.10. The summed E-state index contributed by atoms with van der Waals surface area (Å²) in [4.78, 5) is 12.0. The summed E-state index contributed by atoms with van der Waals surface area (Å²) in [5.74, 6) is 1.17. The molecule has 1 heterocycles. The first-order valence-electron chi connectivity index (χ1n) is 10.4. The lowest BCUT2D eigenvalue weighted by atomic mass is 10.0. The van der Waals surface area contributed by atoms with Crippen LogP contribution in [0.5, 0.6) is 0 Å². The topological polar surface area (TPSA) is 59.8 Å². The van der Waals surface area contributed by atoms with Crippen molar-refractivity contribution < 1.29 is 4.79 Å². The summed E-state index contributed by atoms with van der Waals surface area (Å²) in [6.45, 7) is 6.73. The first kappa shape index (κ1) is 21.1. The summed E-state index contributed by atoms with van der Waals surface area (Å²) in [7, 11) is 0. The Morgan fingerprint density at radius 1 is 1.03 bits per heavy atom. The maximum absolute atomic E-state index is 12.0.